The van der Waals surface area contributed by atoms with Crippen molar-refractivity contribution in [1.82, 2.24) is 14.8 Å². The maximum absolute atomic E-state index is 14.2. The number of aromatic nitrogens is 3. The normalized spacial score (nSPS) is 12.9. The first kappa shape index (κ1) is 18.2. The monoisotopic (exact) mass is 383 g/mol. The smallest absolute Gasteiger partial charge is 0.338 e. The molecule has 0 saturated carbocycles. The Bertz CT molecular complexity index is 1180. The van der Waals surface area contributed by atoms with E-state index in [2.05, 4.69) is 10.2 Å². The van der Waals surface area contributed by atoms with E-state index in [9.17, 15) is 13.6 Å². The zero-order valence-electron chi connectivity index (χ0n) is 15.4. The first-order valence-electron chi connectivity index (χ1n) is 9.00. The molecule has 0 amide bonds. The number of rotatable bonds is 5. The van der Waals surface area contributed by atoms with Gasteiger partial charge in [0.15, 0.2) is 0 Å². The standard InChI is InChI=1S/C21H19F2N3O2/c1-11(2)20-16(8-17(23)21(27)28)15-9-18-12(10-24-25-18)7-19(15)26(20)14-5-3-13(22)4-6-14/h3-7,9-11,17H,8H2,1-2H3,(H,24,25)(H,27,28)/t17-/m0/s1. The van der Waals surface area contributed by atoms with Gasteiger partial charge < -0.3 is 9.67 Å². The highest BCUT2D eigenvalue weighted by molar-refractivity contribution is 5.99. The molecular weight excluding hydrogens is 364 g/mol. The van der Waals surface area contributed by atoms with Crippen LogP contribution in [0.5, 0.6) is 0 Å². The van der Waals surface area contributed by atoms with Gasteiger partial charge in [0.05, 0.1) is 17.2 Å². The van der Waals surface area contributed by atoms with Gasteiger partial charge in [-0.05, 0) is 47.9 Å². The molecule has 7 heteroatoms. The van der Waals surface area contributed by atoms with Crippen LogP contribution < -0.4 is 0 Å². The Kier molecular flexibility index (Phi) is 4.37. The summed E-state index contributed by atoms with van der Waals surface area (Å²) >= 11 is 0. The van der Waals surface area contributed by atoms with Gasteiger partial charge >= 0.3 is 5.97 Å². The van der Waals surface area contributed by atoms with Crippen molar-refractivity contribution in [1.29, 1.82) is 0 Å². The summed E-state index contributed by atoms with van der Waals surface area (Å²) in [7, 11) is 0. The third kappa shape index (κ3) is 2.93. The number of benzene rings is 2. The van der Waals surface area contributed by atoms with Gasteiger partial charge in [-0.25, -0.2) is 13.6 Å². The number of H-pyrrole nitrogens is 1. The Hall–Kier alpha value is -3.22. The summed E-state index contributed by atoms with van der Waals surface area (Å²) in [4.78, 5) is 11.2. The summed E-state index contributed by atoms with van der Waals surface area (Å²) in [5.41, 5.74) is 3.77. The van der Waals surface area contributed by atoms with E-state index in [1.54, 1.807) is 18.3 Å². The molecule has 0 fully saturated rings. The van der Waals surface area contributed by atoms with Crippen LogP contribution in [0.1, 0.15) is 31.0 Å². The Morgan fingerprint density at radius 3 is 2.61 bits per heavy atom. The van der Waals surface area contributed by atoms with Crippen molar-refractivity contribution in [3.63, 3.8) is 0 Å². The van der Waals surface area contributed by atoms with Crippen LogP contribution in [0, 0.1) is 5.82 Å². The van der Waals surface area contributed by atoms with Crippen molar-refractivity contribution in [2.75, 3.05) is 0 Å². The maximum Gasteiger partial charge on any atom is 0.338 e. The number of carboxylic acid groups (broad SMARTS) is 1. The number of carboxylic acids is 1. The molecule has 0 aliphatic rings. The van der Waals surface area contributed by atoms with Crippen molar-refractivity contribution >= 4 is 27.8 Å². The quantitative estimate of drug-likeness (QED) is 0.523. The van der Waals surface area contributed by atoms with E-state index >= 15 is 0 Å². The molecule has 0 radical (unpaired) electrons. The minimum Gasteiger partial charge on any atom is -0.479 e. The minimum absolute atomic E-state index is 0.00934. The van der Waals surface area contributed by atoms with Crippen molar-refractivity contribution in [2.45, 2.75) is 32.4 Å². The highest BCUT2D eigenvalue weighted by atomic mass is 19.1. The van der Waals surface area contributed by atoms with Crippen LogP contribution in [0.15, 0.2) is 42.6 Å². The van der Waals surface area contributed by atoms with Crippen molar-refractivity contribution in [3.05, 3.63) is 59.7 Å². The largest absolute Gasteiger partial charge is 0.479 e. The fraction of sp³-hybridized carbons (Fsp3) is 0.238. The SMILES string of the molecule is CC(C)c1c(C[C@H](F)C(=O)O)c2cc3[nH]ncc3cc2n1-c1ccc(F)cc1. The average Bonchev–Trinajstić information content (AvgIpc) is 3.23. The number of aromatic amines is 1. The van der Waals surface area contributed by atoms with E-state index in [4.69, 9.17) is 5.11 Å². The van der Waals surface area contributed by atoms with Crippen molar-refractivity contribution in [2.24, 2.45) is 0 Å². The molecule has 0 spiro atoms. The Morgan fingerprint density at radius 1 is 1.25 bits per heavy atom. The number of fused-ring (bicyclic) bond motifs is 2. The van der Waals surface area contributed by atoms with Gasteiger partial charge in [0.25, 0.3) is 0 Å². The number of nitrogens with one attached hydrogen (secondary N) is 1. The molecule has 144 valence electrons. The van der Waals surface area contributed by atoms with E-state index in [1.165, 1.54) is 12.1 Å². The van der Waals surface area contributed by atoms with Crippen LogP contribution in [-0.4, -0.2) is 32.0 Å². The third-order valence-electron chi connectivity index (χ3n) is 4.96. The van der Waals surface area contributed by atoms with Gasteiger partial charge in [-0.2, -0.15) is 5.10 Å². The molecule has 4 aromatic rings. The predicted octanol–water partition coefficient (Wildman–Crippen LogP) is 4.73. The number of hydrogen-bond acceptors (Lipinski definition) is 2. The number of alkyl halides is 1. The molecule has 2 aromatic heterocycles. The topological polar surface area (TPSA) is 70.9 Å². The number of hydrogen-bond donors (Lipinski definition) is 2. The number of nitrogens with zero attached hydrogens (tertiary/aromatic N) is 2. The molecule has 0 aliphatic heterocycles. The lowest BCUT2D eigenvalue weighted by molar-refractivity contribution is -0.142. The van der Waals surface area contributed by atoms with E-state index in [0.29, 0.717) is 5.56 Å². The summed E-state index contributed by atoms with van der Waals surface area (Å²) in [6, 6.07) is 9.86. The van der Waals surface area contributed by atoms with E-state index in [-0.39, 0.29) is 18.2 Å². The Balaban J connectivity index is 2.08. The van der Waals surface area contributed by atoms with Crippen LogP contribution in [0.25, 0.3) is 27.5 Å². The lowest BCUT2D eigenvalue weighted by Crippen LogP contribution is -2.18. The molecule has 5 nitrogen and oxygen atoms in total. The molecule has 0 bridgehead atoms. The van der Waals surface area contributed by atoms with Crippen LogP contribution in [0.4, 0.5) is 8.78 Å². The maximum atomic E-state index is 14.2. The first-order chi connectivity index (χ1) is 13.4. The van der Waals surface area contributed by atoms with Gasteiger partial charge in [0, 0.05) is 28.6 Å². The molecule has 0 aliphatic carbocycles. The molecule has 0 saturated heterocycles. The van der Waals surface area contributed by atoms with Crippen molar-refractivity contribution < 1.29 is 18.7 Å². The van der Waals surface area contributed by atoms with Crippen LogP contribution in [0.2, 0.25) is 0 Å². The number of halogens is 2. The first-order valence-corrected chi connectivity index (χ1v) is 9.00. The van der Waals surface area contributed by atoms with Crippen LogP contribution in [0.3, 0.4) is 0 Å². The molecule has 1 atom stereocenters. The fourth-order valence-corrected chi connectivity index (χ4v) is 3.76. The zero-order chi connectivity index (χ0) is 20.0. The second kappa shape index (κ2) is 6.74. The van der Waals surface area contributed by atoms with E-state index in [0.717, 1.165) is 33.2 Å². The second-order valence-electron chi connectivity index (χ2n) is 7.17. The molecule has 2 aromatic carbocycles. The van der Waals surface area contributed by atoms with Gasteiger partial charge in [-0.15, -0.1) is 0 Å². The number of carbonyl (C=O) groups is 1. The highest BCUT2D eigenvalue weighted by Crippen LogP contribution is 2.37. The van der Waals surface area contributed by atoms with Gasteiger partial charge in [-0.3, -0.25) is 5.10 Å². The van der Waals surface area contributed by atoms with Gasteiger partial charge in [0.1, 0.15) is 5.82 Å². The molecule has 4 rings (SSSR count). The molecule has 0 unspecified atom stereocenters. The molecule has 2 heterocycles. The molecule has 28 heavy (non-hydrogen) atoms. The highest BCUT2D eigenvalue weighted by Gasteiger charge is 2.26. The van der Waals surface area contributed by atoms with E-state index in [1.807, 2.05) is 30.5 Å². The third-order valence-corrected chi connectivity index (χ3v) is 4.96. The Labute approximate surface area is 159 Å². The molecular formula is C21H19F2N3O2. The summed E-state index contributed by atoms with van der Waals surface area (Å²) in [5.74, 6) is -1.84. The van der Waals surface area contributed by atoms with E-state index < -0.39 is 12.1 Å². The van der Waals surface area contributed by atoms with Gasteiger partial charge in [-0.1, -0.05) is 13.8 Å². The minimum atomic E-state index is -2.01. The summed E-state index contributed by atoms with van der Waals surface area (Å²) < 4.78 is 29.6. The van der Waals surface area contributed by atoms with Crippen LogP contribution >= 0.6 is 0 Å². The average molecular weight is 383 g/mol. The summed E-state index contributed by atoms with van der Waals surface area (Å²) in [6.07, 6.45) is -0.560. The lowest BCUT2D eigenvalue weighted by atomic mass is 9.98. The second-order valence-corrected chi connectivity index (χ2v) is 7.17. The summed E-state index contributed by atoms with van der Waals surface area (Å²) in [6.45, 7) is 3.94. The predicted molar refractivity (Wildman–Crippen MR) is 103 cm³/mol. The molecule has 2 N–H and O–H groups in total. The Morgan fingerprint density at radius 2 is 1.96 bits per heavy atom. The van der Waals surface area contributed by atoms with Crippen molar-refractivity contribution in [3.8, 4) is 5.69 Å². The zero-order valence-corrected chi connectivity index (χ0v) is 15.4. The lowest BCUT2D eigenvalue weighted by Gasteiger charge is -2.16. The summed E-state index contributed by atoms with van der Waals surface area (Å²) in [5, 5.41) is 17.7. The van der Waals surface area contributed by atoms with Crippen LogP contribution in [-0.2, 0) is 11.2 Å². The number of aliphatic carboxylic acids is 1. The fourth-order valence-electron chi connectivity index (χ4n) is 3.76. The van der Waals surface area contributed by atoms with Gasteiger partial charge in [0.2, 0.25) is 6.17 Å².